The van der Waals surface area contributed by atoms with E-state index in [-0.39, 0.29) is 12.5 Å². The van der Waals surface area contributed by atoms with Gasteiger partial charge < -0.3 is 10.6 Å². The predicted octanol–water partition coefficient (Wildman–Crippen LogP) is 2.24. The van der Waals surface area contributed by atoms with Crippen molar-refractivity contribution in [1.82, 2.24) is 0 Å². The zero-order chi connectivity index (χ0) is 11.7. The quantitative estimate of drug-likeness (QED) is 0.865. The van der Waals surface area contributed by atoms with Crippen LogP contribution in [0.25, 0.3) is 0 Å². The molecular weight excluding hydrogens is 288 g/mol. The van der Waals surface area contributed by atoms with Crippen LogP contribution in [0.4, 0.5) is 5.69 Å². The average molecular weight is 301 g/mol. The minimum absolute atomic E-state index is 0.0275. The molecule has 1 heterocycles. The molecule has 1 unspecified atom stereocenters. The van der Waals surface area contributed by atoms with Crippen molar-refractivity contribution in [2.75, 3.05) is 18.0 Å². The maximum absolute atomic E-state index is 11.8. The number of carbonyl (C=O) groups excluding carboxylic acids is 1. The third kappa shape index (κ3) is 2.12. The van der Waals surface area contributed by atoms with Crippen LogP contribution in [-0.4, -0.2) is 24.2 Å². The number of nitrogens with zero attached hydrogens (tertiary/aromatic N) is 1. The fourth-order valence-corrected chi connectivity index (χ4v) is 3.65. The zero-order valence-corrected chi connectivity index (χ0v) is 11.3. The maximum atomic E-state index is 11.8. The number of halogens is 1. The van der Waals surface area contributed by atoms with Gasteiger partial charge in [0.05, 0.1) is 12.2 Å². The molecule has 86 valence electrons. The molecule has 0 aliphatic carbocycles. The first-order valence-corrected chi connectivity index (χ1v) is 6.76. The lowest BCUT2D eigenvalue weighted by Crippen LogP contribution is -2.42. The number of rotatable bonds is 1. The number of hydrogen-bond acceptors (Lipinski definition) is 3. The summed E-state index contributed by atoms with van der Waals surface area (Å²) in [4.78, 5) is 14.7. The second kappa shape index (κ2) is 4.77. The van der Waals surface area contributed by atoms with Gasteiger partial charge in [0.2, 0.25) is 5.91 Å². The summed E-state index contributed by atoms with van der Waals surface area (Å²) in [5.74, 6) is -0.0275. The fourth-order valence-electron chi connectivity index (χ4n) is 1.79. The highest BCUT2D eigenvalue weighted by Crippen LogP contribution is 2.42. The van der Waals surface area contributed by atoms with Crippen molar-refractivity contribution in [2.45, 2.75) is 17.1 Å². The summed E-state index contributed by atoms with van der Waals surface area (Å²) >= 11 is 5.28. The van der Waals surface area contributed by atoms with Crippen molar-refractivity contribution in [3.63, 3.8) is 0 Å². The fraction of sp³-hybridized carbons (Fsp3) is 0.364. The average Bonchev–Trinajstić information content (AvgIpc) is 2.27. The van der Waals surface area contributed by atoms with Crippen molar-refractivity contribution < 1.29 is 4.79 Å². The molecule has 2 rings (SSSR count). The van der Waals surface area contributed by atoms with E-state index in [4.69, 9.17) is 5.73 Å². The van der Waals surface area contributed by atoms with Gasteiger partial charge in [0.15, 0.2) is 0 Å². The second-order valence-electron chi connectivity index (χ2n) is 3.72. The molecule has 0 saturated heterocycles. The van der Waals surface area contributed by atoms with Crippen molar-refractivity contribution in [1.29, 1.82) is 0 Å². The van der Waals surface area contributed by atoms with Crippen LogP contribution in [0.15, 0.2) is 27.6 Å². The van der Waals surface area contributed by atoms with Crippen molar-refractivity contribution in [2.24, 2.45) is 5.73 Å². The van der Waals surface area contributed by atoms with E-state index < -0.39 is 0 Å². The van der Waals surface area contributed by atoms with Crippen LogP contribution in [0.1, 0.15) is 6.92 Å². The standard InChI is InChI=1S/C11H13BrN2OS/c1-7-6-14(10(15)5-13)11-8(12)3-2-4-9(11)16-7/h2-4,7H,5-6,13H2,1H3. The maximum Gasteiger partial charge on any atom is 0.240 e. The van der Waals surface area contributed by atoms with Gasteiger partial charge in [-0.2, -0.15) is 0 Å². The van der Waals surface area contributed by atoms with Crippen LogP contribution < -0.4 is 10.6 Å². The molecule has 0 saturated carbocycles. The first-order chi connectivity index (χ1) is 7.63. The third-order valence-electron chi connectivity index (χ3n) is 2.46. The van der Waals surface area contributed by atoms with Crippen LogP contribution in [0, 0.1) is 0 Å². The molecular formula is C11H13BrN2OS. The van der Waals surface area contributed by atoms with E-state index in [2.05, 4.69) is 22.9 Å². The number of carbonyl (C=O) groups is 1. The third-order valence-corrected chi connectivity index (χ3v) is 4.24. The van der Waals surface area contributed by atoms with E-state index in [1.807, 2.05) is 18.2 Å². The Hall–Kier alpha value is -0.520. The van der Waals surface area contributed by atoms with Crippen molar-refractivity contribution in [3.8, 4) is 0 Å². The largest absolute Gasteiger partial charge is 0.322 e. The number of fused-ring (bicyclic) bond motifs is 1. The Morgan fingerprint density at radius 1 is 1.69 bits per heavy atom. The molecule has 5 heteroatoms. The number of anilines is 1. The molecule has 0 aromatic heterocycles. The minimum Gasteiger partial charge on any atom is -0.322 e. The number of para-hydroxylation sites is 1. The lowest BCUT2D eigenvalue weighted by Gasteiger charge is -2.33. The highest BCUT2D eigenvalue weighted by molar-refractivity contribution is 9.10. The highest BCUT2D eigenvalue weighted by atomic mass is 79.9. The number of hydrogen-bond donors (Lipinski definition) is 1. The summed E-state index contributed by atoms with van der Waals surface area (Å²) in [7, 11) is 0. The topological polar surface area (TPSA) is 46.3 Å². The molecule has 1 aromatic carbocycles. The van der Waals surface area contributed by atoms with Gasteiger partial charge in [-0.1, -0.05) is 13.0 Å². The van der Waals surface area contributed by atoms with E-state index in [0.717, 1.165) is 21.6 Å². The Kier molecular flexibility index (Phi) is 3.56. The zero-order valence-electron chi connectivity index (χ0n) is 8.94. The first-order valence-electron chi connectivity index (χ1n) is 5.09. The highest BCUT2D eigenvalue weighted by Gasteiger charge is 2.27. The van der Waals surface area contributed by atoms with Crippen LogP contribution in [0.5, 0.6) is 0 Å². The Morgan fingerprint density at radius 3 is 3.12 bits per heavy atom. The summed E-state index contributed by atoms with van der Waals surface area (Å²) < 4.78 is 0.950. The molecule has 2 N–H and O–H groups in total. The van der Waals surface area contributed by atoms with Crippen LogP contribution in [0.3, 0.4) is 0 Å². The van der Waals surface area contributed by atoms with Gasteiger partial charge in [0.1, 0.15) is 0 Å². The Bertz CT molecular complexity index is 424. The normalized spacial score (nSPS) is 19.4. The molecule has 0 fully saturated rings. The summed E-state index contributed by atoms with van der Waals surface area (Å²) in [5, 5.41) is 0.400. The van der Waals surface area contributed by atoms with Gasteiger partial charge in [0, 0.05) is 21.2 Å². The van der Waals surface area contributed by atoms with E-state index in [1.165, 1.54) is 0 Å². The van der Waals surface area contributed by atoms with Gasteiger partial charge >= 0.3 is 0 Å². The summed E-state index contributed by atoms with van der Waals surface area (Å²) in [6.45, 7) is 2.89. The lowest BCUT2D eigenvalue weighted by molar-refractivity contribution is -0.117. The molecule has 1 aromatic rings. The monoisotopic (exact) mass is 300 g/mol. The van der Waals surface area contributed by atoms with Crippen LogP contribution in [-0.2, 0) is 4.79 Å². The smallest absolute Gasteiger partial charge is 0.240 e. The summed E-state index contributed by atoms with van der Waals surface area (Å²) in [6.07, 6.45) is 0. The number of nitrogens with two attached hydrogens (primary N) is 1. The van der Waals surface area contributed by atoms with Crippen molar-refractivity contribution >= 4 is 39.3 Å². The van der Waals surface area contributed by atoms with Crippen LogP contribution >= 0.6 is 27.7 Å². The summed E-state index contributed by atoms with van der Waals surface area (Å²) in [6, 6.07) is 5.97. The SMILES string of the molecule is CC1CN(C(=O)CN)c2c(Br)cccc2S1. The number of benzene rings is 1. The number of amides is 1. The molecule has 0 spiro atoms. The molecule has 1 aliphatic heterocycles. The molecule has 16 heavy (non-hydrogen) atoms. The Morgan fingerprint density at radius 2 is 2.44 bits per heavy atom. The Balaban J connectivity index is 2.47. The van der Waals surface area contributed by atoms with Gasteiger partial charge in [-0.15, -0.1) is 11.8 Å². The Labute approximate surface area is 108 Å². The molecule has 3 nitrogen and oxygen atoms in total. The predicted molar refractivity (Wildman–Crippen MR) is 70.9 cm³/mol. The molecule has 1 amide bonds. The van der Waals surface area contributed by atoms with Crippen molar-refractivity contribution in [3.05, 3.63) is 22.7 Å². The van der Waals surface area contributed by atoms with Gasteiger partial charge in [-0.05, 0) is 28.1 Å². The lowest BCUT2D eigenvalue weighted by atomic mass is 10.2. The first kappa shape index (κ1) is 12.0. The van der Waals surface area contributed by atoms with E-state index >= 15 is 0 Å². The van der Waals surface area contributed by atoms with Gasteiger partial charge in [-0.25, -0.2) is 0 Å². The summed E-state index contributed by atoms with van der Waals surface area (Å²) in [5.41, 5.74) is 6.40. The van der Waals surface area contributed by atoms with Gasteiger partial charge in [0.25, 0.3) is 0 Å². The van der Waals surface area contributed by atoms with E-state index in [0.29, 0.717) is 5.25 Å². The van der Waals surface area contributed by atoms with Gasteiger partial charge in [-0.3, -0.25) is 4.79 Å². The van der Waals surface area contributed by atoms with E-state index in [1.54, 1.807) is 16.7 Å². The molecule has 1 atom stereocenters. The van der Waals surface area contributed by atoms with Crippen LogP contribution in [0.2, 0.25) is 0 Å². The second-order valence-corrected chi connectivity index (χ2v) is 6.06. The molecule has 1 aliphatic rings. The van der Waals surface area contributed by atoms with E-state index in [9.17, 15) is 4.79 Å². The number of thioether (sulfide) groups is 1. The molecule has 0 bridgehead atoms. The minimum atomic E-state index is -0.0275. The molecule has 0 radical (unpaired) electrons.